The number of ether oxygens (including phenoxy) is 1. The summed E-state index contributed by atoms with van der Waals surface area (Å²) in [6, 6.07) is 10.6. The van der Waals surface area contributed by atoms with Crippen molar-refractivity contribution in [2.75, 3.05) is 6.73 Å². The van der Waals surface area contributed by atoms with Crippen molar-refractivity contribution in [3.8, 4) is 0 Å². The van der Waals surface area contributed by atoms with Crippen LogP contribution in [0.5, 0.6) is 0 Å². The number of para-hydroxylation sites is 1. The fourth-order valence-corrected chi connectivity index (χ4v) is 1.13. The Morgan fingerprint density at radius 2 is 2.00 bits per heavy atom. The van der Waals surface area contributed by atoms with Crippen molar-refractivity contribution in [1.82, 2.24) is 0 Å². The summed E-state index contributed by atoms with van der Waals surface area (Å²) >= 11 is 0. The Hall–Kier alpha value is -2.14. The van der Waals surface area contributed by atoms with Gasteiger partial charge < -0.3 is 9.15 Å². The van der Waals surface area contributed by atoms with E-state index in [0.717, 1.165) is 5.39 Å². The molecule has 2 aromatic rings. The molecule has 0 aliphatic carbocycles. The fourth-order valence-electron chi connectivity index (χ4n) is 1.13. The average Bonchev–Trinajstić information content (AvgIpc) is 2.29. The molecule has 0 aliphatic heterocycles. The quantitative estimate of drug-likeness (QED) is 0.457. The van der Waals surface area contributed by atoms with Gasteiger partial charge in [0.05, 0.1) is 0 Å². The molecule has 1 aromatic heterocycles. The summed E-state index contributed by atoms with van der Waals surface area (Å²) in [6.07, 6.45) is 0. The minimum Gasteiger partial charge on any atom is -0.450 e. The standard InChI is InChI=1S/C9H6O2.C3H7NO2/c10-9-6-5-7-3-1-2-4-8(7)11-9;1-3(5)6-2-4/h1-6H;2,4H2,1H3. The lowest BCUT2D eigenvalue weighted by Crippen LogP contribution is -2.07. The maximum Gasteiger partial charge on any atom is 0.336 e. The van der Waals surface area contributed by atoms with E-state index in [2.05, 4.69) is 4.74 Å². The van der Waals surface area contributed by atoms with E-state index in [9.17, 15) is 9.59 Å². The summed E-state index contributed by atoms with van der Waals surface area (Å²) in [7, 11) is 0. The Morgan fingerprint density at radius 1 is 1.29 bits per heavy atom. The summed E-state index contributed by atoms with van der Waals surface area (Å²) in [4.78, 5) is 20.5. The molecule has 5 nitrogen and oxygen atoms in total. The van der Waals surface area contributed by atoms with E-state index in [4.69, 9.17) is 10.2 Å². The third-order valence-corrected chi connectivity index (χ3v) is 1.82. The number of nitrogens with two attached hydrogens (primary N) is 1. The maximum absolute atomic E-state index is 10.7. The summed E-state index contributed by atoms with van der Waals surface area (Å²) < 4.78 is 9.09. The van der Waals surface area contributed by atoms with Gasteiger partial charge in [0.25, 0.3) is 0 Å². The van der Waals surface area contributed by atoms with E-state index in [-0.39, 0.29) is 18.3 Å². The lowest BCUT2D eigenvalue weighted by molar-refractivity contribution is -0.140. The molecule has 0 radical (unpaired) electrons. The van der Waals surface area contributed by atoms with E-state index in [1.165, 1.54) is 13.0 Å². The molecular weight excluding hydrogens is 222 g/mol. The molecule has 2 rings (SSSR count). The number of carbonyl (C=O) groups is 1. The van der Waals surface area contributed by atoms with Crippen LogP contribution in [0.15, 0.2) is 45.6 Å². The Balaban J connectivity index is 0.000000209. The number of hydrogen-bond donors (Lipinski definition) is 1. The van der Waals surface area contributed by atoms with Crippen molar-refractivity contribution in [3.63, 3.8) is 0 Å². The first-order valence-corrected chi connectivity index (χ1v) is 4.96. The third-order valence-electron chi connectivity index (χ3n) is 1.82. The minimum absolute atomic E-state index is 0.0185. The van der Waals surface area contributed by atoms with Gasteiger partial charge in [0.15, 0.2) is 0 Å². The Labute approximate surface area is 97.8 Å². The highest BCUT2D eigenvalue weighted by Gasteiger charge is 1.92. The number of fused-ring (bicyclic) bond motifs is 1. The van der Waals surface area contributed by atoms with Gasteiger partial charge in [0.2, 0.25) is 0 Å². The van der Waals surface area contributed by atoms with Crippen molar-refractivity contribution < 1.29 is 13.9 Å². The summed E-state index contributed by atoms with van der Waals surface area (Å²) in [5, 5.41) is 0.951. The summed E-state index contributed by atoms with van der Waals surface area (Å²) in [5.74, 6) is -0.336. The highest BCUT2D eigenvalue weighted by molar-refractivity contribution is 5.75. The lowest BCUT2D eigenvalue weighted by Gasteiger charge is -1.91. The molecule has 1 heterocycles. The third kappa shape index (κ3) is 4.48. The van der Waals surface area contributed by atoms with Gasteiger partial charge in [-0.25, -0.2) is 4.79 Å². The van der Waals surface area contributed by atoms with E-state index in [0.29, 0.717) is 5.58 Å². The van der Waals surface area contributed by atoms with Gasteiger partial charge in [0, 0.05) is 18.4 Å². The highest BCUT2D eigenvalue weighted by atomic mass is 16.5. The molecule has 0 fully saturated rings. The van der Waals surface area contributed by atoms with Crippen LogP contribution in [-0.4, -0.2) is 12.7 Å². The minimum atomic E-state index is -0.336. The second-order valence-corrected chi connectivity index (χ2v) is 3.09. The van der Waals surface area contributed by atoms with E-state index in [1.54, 1.807) is 12.1 Å². The van der Waals surface area contributed by atoms with Crippen LogP contribution in [0.3, 0.4) is 0 Å². The predicted octanol–water partition coefficient (Wildman–Crippen LogP) is 1.26. The van der Waals surface area contributed by atoms with Gasteiger partial charge in [-0.05, 0) is 12.1 Å². The zero-order valence-corrected chi connectivity index (χ0v) is 9.38. The number of esters is 1. The molecule has 0 spiro atoms. The molecule has 1 aromatic carbocycles. The van der Waals surface area contributed by atoms with Crippen LogP contribution >= 0.6 is 0 Å². The van der Waals surface area contributed by atoms with Gasteiger partial charge in [-0.1, -0.05) is 18.2 Å². The molecule has 0 aliphatic rings. The van der Waals surface area contributed by atoms with Crippen molar-refractivity contribution in [2.24, 2.45) is 5.73 Å². The Bertz CT molecular complexity index is 547. The number of hydrogen-bond acceptors (Lipinski definition) is 5. The molecule has 0 saturated heterocycles. The molecule has 5 heteroatoms. The second-order valence-electron chi connectivity index (χ2n) is 3.09. The van der Waals surface area contributed by atoms with Gasteiger partial charge in [0.1, 0.15) is 12.3 Å². The number of rotatable bonds is 1. The van der Waals surface area contributed by atoms with Crippen LogP contribution in [0.1, 0.15) is 6.92 Å². The molecule has 0 bridgehead atoms. The van der Waals surface area contributed by atoms with Gasteiger partial charge >= 0.3 is 11.6 Å². The molecule has 17 heavy (non-hydrogen) atoms. The van der Waals surface area contributed by atoms with E-state index < -0.39 is 0 Å². The molecule has 0 amide bonds. The lowest BCUT2D eigenvalue weighted by atomic mass is 10.2. The van der Waals surface area contributed by atoms with Gasteiger partial charge in [-0.2, -0.15) is 0 Å². The van der Waals surface area contributed by atoms with Gasteiger partial charge in [-0.3, -0.25) is 10.5 Å². The van der Waals surface area contributed by atoms with Crippen LogP contribution in [-0.2, 0) is 9.53 Å². The molecular formula is C12H13NO4. The van der Waals surface area contributed by atoms with Crippen LogP contribution < -0.4 is 11.4 Å². The van der Waals surface area contributed by atoms with Crippen molar-refractivity contribution in [1.29, 1.82) is 0 Å². The topological polar surface area (TPSA) is 82.5 Å². The molecule has 0 saturated carbocycles. The number of benzene rings is 1. The zero-order valence-electron chi connectivity index (χ0n) is 9.38. The van der Waals surface area contributed by atoms with Crippen molar-refractivity contribution in [2.45, 2.75) is 6.92 Å². The number of carbonyl (C=O) groups excluding carboxylic acids is 1. The Kier molecular flexibility index (Phi) is 4.90. The average molecular weight is 235 g/mol. The summed E-state index contributed by atoms with van der Waals surface area (Å²) in [6.45, 7) is 1.29. The normalized spacial score (nSPS) is 9.29. The van der Waals surface area contributed by atoms with Gasteiger partial charge in [-0.15, -0.1) is 0 Å². The van der Waals surface area contributed by atoms with E-state index >= 15 is 0 Å². The molecule has 0 unspecified atom stereocenters. The first-order chi connectivity index (χ1) is 8.13. The molecule has 2 N–H and O–H groups in total. The molecule has 90 valence electrons. The first-order valence-electron chi connectivity index (χ1n) is 4.96. The van der Waals surface area contributed by atoms with E-state index in [1.807, 2.05) is 18.2 Å². The SMILES string of the molecule is CC(=O)OCN.O=c1ccc2ccccc2o1. The monoisotopic (exact) mass is 235 g/mol. The van der Waals surface area contributed by atoms with Crippen molar-refractivity contribution in [3.05, 3.63) is 46.8 Å². The second kappa shape index (κ2) is 6.44. The van der Waals surface area contributed by atoms with Crippen LogP contribution in [0.25, 0.3) is 11.0 Å². The summed E-state index contributed by atoms with van der Waals surface area (Å²) in [5.41, 5.74) is 5.12. The Morgan fingerprint density at radius 3 is 2.59 bits per heavy atom. The van der Waals surface area contributed by atoms with Crippen LogP contribution in [0.4, 0.5) is 0 Å². The highest BCUT2D eigenvalue weighted by Crippen LogP contribution is 2.08. The fraction of sp³-hybridized carbons (Fsp3) is 0.167. The first kappa shape index (κ1) is 12.9. The van der Waals surface area contributed by atoms with Crippen molar-refractivity contribution >= 4 is 16.9 Å². The predicted molar refractivity (Wildman–Crippen MR) is 63.3 cm³/mol. The maximum atomic E-state index is 10.7. The molecule has 0 atom stereocenters. The largest absolute Gasteiger partial charge is 0.450 e. The van der Waals surface area contributed by atoms with Crippen LogP contribution in [0.2, 0.25) is 0 Å². The smallest absolute Gasteiger partial charge is 0.336 e. The zero-order chi connectivity index (χ0) is 12.7. The van der Waals surface area contributed by atoms with Crippen LogP contribution in [0, 0.1) is 0 Å².